The number of sulfonamides is 1. The highest BCUT2D eigenvalue weighted by Gasteiger charge is 2.38. The molecular formula is C16H11FN2O6S. The Kier molecular flexibility index (Phi) is 4.53. The molecule has 0 radical (unpaired) electrons. The standard InChI is InChI=1S/C16H11FN2O6S/c17-10-5-7-11(8-6-10)26(23,24)18-9-14(20)25-19-15(21)12-3-1-2-4-13(12)16(19)22/h1-8,18H,9H2. The Labute approximate surface area is 147 Å². The van der Waals surface area contributed by atoms with Gasteiger partial charge in [-0.05, 0) is 36.4 Å². The molecule has 1 aliphatic rings. The lowest BCUT2D eigenvalue weighted by atomic mass is 10.1. The average Bonchev–Trinajstić information content (AvgIpc) is 2.86. The number of carbonyl (C=O) groups is 3. The van der Waals surface area contributed by atoms with Crippen molar-refractivity contribution in [1.82, 2.24) is 9.79 Å². The second-order valence-electron chi connectivity index (χ2n) is 5.19. The molecule has 1 heterocycles. The summed E-state index contributed by atoms with van der Waals surface area (Å²) in [7, 11) is -4.09. The highest BCUT2D eigenvalue weighted by atomic mass is 32.2. The normalized spacial score (nSPS) is 13.7. The fourth-order valence-electron chi connectivity index (χ4n) is 2.24. The van der Waals surface area contributed by atoms with Crippen LogP contribution in [-0.4, -0.2) is 37.8 Å². The maximum atomic E-state index is 12.8. The summed E-state index contributed by atoms with van der Waals surface area (Å²) in [6.07, 6.45) is 0. The van der Waals surface area contributed by atoms with Crippen LogP contribution in [0.1, 0.15) is 20.7 Å². The molecule has 0 unspecified atom stereocenters. The van der Waals surface area contributed by atoms with Gasteiger partial charge in [0.1, 0.15) is 12.4 Å². The quantitative estimate of drug-likeness (QED) is 0.773. The lowest BCUT2D eigenvalue weighted by Crippen LogP contribution is -2.38. The Morgan fingerprint density at radius 2 is 1.54 bits per heavy atom. The van der Waals surface area contributed by atoms with Crippen LogP contribution in [0.2, 0.25) is 0 Å². The van der Waals surface area contributed by atoms with Crippen molar-refractivity contribution in [2.75, 3.05) is 6.54 Å². The first-order chi connectivity index (χ1) is 12.3. The van der Waals surface area contributed by atoms with Gasteiger partial charge in [0.25, 0.3) is 11.8 Å². The van der Waals surface area contributed by atoms with Crippen molar-refractivity contribution < 1.29 is 32.0 Å². The van der Waals surface area contributed by atoms with Crippen molar-refractivity contribution in [2.45, 2.75) is 4.90 Å². The van der Waals surface area contributed by atoms with Crippen LogP contribution < -0.4 is 4.72 Å². The van der Waals surface area contributed by atoms with Gasteiger partial charge in [-0.2, -0.15) is 4.72 Å². The number of rotatable bonds is 5. The minimum absolute atomic E-state index is 0.0807. The van der Waals surface area contributed by atoms with Gasteiger partial charge in [0, 0.05) is 0 Å². The van der Waals surface area contributed by atoms with Crippen LogP contribution in [0.25, 0.3) is 0 Å². The molecule has 10 heteroatoms. The molecule has 0 aromatic heterocycles. The second-order valence-corrected chi connectivity index (χ2v) is 6.96. The van der Waals surface area contributed by atoms with E-state index in [9.17, 15) is 27.2 Å². The van der Waals surface area contributed by atoms with Crippen LogP contribution in [0.3, 0.4) is 0 Å². The van der Waals surface area contributed by atoms with Gasteiger partial charge in [-0.25, -0.2) is 17.6 Å². The van der Waals surface area contributed by atoms with E-state index in [2.05, 4.69) is 4.84 Å². The first-order valence-electron chi connectivity index (χ1n) is 7.23. The number of benzene rings is 2. The van der Waals surface area contributed by atoms with Gasteiger partial charge in [-0.3, -0.25) is 9.59 Å². The van der Waals surface area contributed by atoms with Crippen LogP contribution in [-0.2, 0) is 19.7 Å². The summed E-state index contributed by atoms with van der Waals surface area (Å²) < 4.78 is 38.8. The Morgan fingerprint density at radius 1 is 1.00 bits per heavy atom. The summed E-state index contributed by atoms with van der Waals surface area (Å²) in [5, 5.41) is 0.277. The monoisotopic (exact) mass is 378 g/mol. The molecule has 0 fully saturated rings. The average molecular weight is 378 g/mol. The predicted molar refractivity (Wildman–Crippen MR) is 84.6 cm³/mol. The zero-order valence-electron chi connectivity index (χ0n) is 13.0. The molecule has 2 aromatic rings. The van der Waals surface area contributed by atoms with Crippen LogP contribution >= 0.6 is 0 Å². The zero-order chi connectivity index (χ0) is 18.9. The largest absolute Gasteiger partial charge is 0.347 e. The summed E-state index contributed by atoms with van der Waals surface area (Å²) in [6.45, 7) is -0.826. The lowest BCUT2D eigenvalue weighted by Gasteiger charge is -2.13. The molecule has 0 saturated carbocycles. The van der Waals surface area contributed by atoms with Gasteiger partial charge in [0.05, 0.1) is 16.0 Å². The number of halogens is 1. The molecule has 2 amide bonds. The fraction of sp³-hybridized carbons (Fsp3) is 0.0625. The molecule has 1 N–H and O–H groups in total. The van der Waals surface area contributed by atoms with Crippen LogP contribution in [0, 0.1) is 5.82 Å². The zero-order valence-corrected chi connectivity index (χ0v) is 13.8. The number of amides is 2. The van der Waals surface area contributed by atoms with E-state index in [4.69, 9.17) is 0 Å². The first kappa shape index (κ1) is 17.7. The third-order valence-electron chi connectivity index (χ3n) is 3.48. The van der Waals surface area contributed by atoms with Crippen LogP contribution in [0.5, 0.6) is 0 Å². The number of fused-ring (bicyclic) bond motifs is 1. The molecule has 2 aromatic carbocycles. The summed E-state index contributed by atoms with van der Waals surface area (Å²) >= 11 is 0. The van der Waals surface area contributed by atoms with Gasteiger partial charge in [0.15, 0.2) is 0 Å². The number of hydrogen-bond acceptors (Lipinski definition) is 6. The van der Waals surface area contributed by atoms with Gasteiger partial charge in [-0.1, -0.05) is 17.2 Å². The molecule has 3 rings (SSSR count). The minimum atomic E-state index is -4.09. The molecule has 0 spiro atoms. The number of hydrogen-bond donors (Lipinski definition) is 1. The topological polar surface area (TPSA) is 110 Å². The summed E-state index contributed by atoms with van der Waals surface area (Å²) in [5.74, 6) is -3.42. The van der Waals surface area contributed by atoms with Gasteiger partial charge in [-0.15, -0.1) is 0 Å². The second kappa shape index (κ2) is 6.65. The Hall–Kier alpha value is -3.11. The highest BCUT2D eigenvalue weighted by Crippen LogP contribution is 2.22. The predicted octanol–water partition coefficient (Wildman–Crippen LogP) is 0.858. The summed E-state index contributed by atoms with van der Waals surface area (Å²) in [4.78, 5) is 40.3. The van der Waals surface area contributed by atoms with E-state index in [0.29, 0.717) is 0 Å². The number of nitrogens with one attached hydrogen (secondary N) is 1. The van der Waals surface area contributed by atoms with Crippen molar-refractivity contribution in [3.8, 4) is 0 Å². The molecule has 26 heavy (non-hydrogen) atoms. The first-order valence-corrected chi connectivity index (χ1v) is 8.72. The third kappa shape index (κ3) is 3.32. The molecule has 0 atom stereocenters. The molecule has 8 nitrogen and oxygen atoms in total. The van der Waals surface area contributed by atoms with Gasteiger partial charge >= 0.3 is 5.97 Å². The van der Waals surface area contributed by atoms with Crippen molar-refractivity contribution >= 4 is 27.8 Å². The Balaban J connectivity index is 1.64. The Bertz CT molecular complexity index is 969. The fourth-order valence-corrected chi connectivity index (χ4v) is 3.20. The van der Waals surface area contributed by atoms with E-state index < -0.39 is 40.2 Å². The van der Waals surface area contributed by atoms with Crippen molar-refractivity contribution in [3.63, 3.8) is 0 Å². The van der Waals surface area contributed by atoms with E-state index in [1.54, 1.807) is 12.1 Å². The van der Waals surface area contributed by atoms with Gasteiger partial charge < -0.3 is 4.84 Å². The highest BCUT2D eigenvalue weighted by molar-refractivity contribution is 7.89. The third-order valence-corrected chi connectivity index (χ3v) is 4.90. The molecule has 0 aliphatic carbocycles. The lowest BCUT2D eigenvalue weighted by molar-refractivity contribution is -0.166. The van der Waals surface area contributed by atoms with Crippen molar-refractivity contribution in [2.24, 2.45) is 0 Å². The number of carbonyl (C=O) groups excluding carboxylic acids is 3. The number of imide groups is 1. The molecule has 134 valence electrons. The van der Waals surface area contributed by atoms with Crippen LogP contribution in [0.4, 0.5) is 4.39 Å². The maximum absolute atomic E-state index is 12.8. The smallest absolute Gasteiger partial charge is 0.328 e. The molecule has 0 saturated heterocycles. The maximum Gasteiger partial charge on any atom is 0.347 e. The minimum Gasteiger partial charge on any atom is -0.328 e. The molecular weight excluding hydrogens is 367 g/mol. The van der Waals surface area contributed by atoms with Gasteiger partial charge in [0.2, 0.25) is 10.0 Å². The summed E-state index contributed by atoms with van der Waals surface area (Å²) in [5.41, 5.74) is 0.161. The van der Waals surface area contributed by atoms with E-state index >= 15 is 0 Å². The SMILES string of the molecule is O=C(CNS(=O)(=O)c1ccc(F)cc1)ON1C(=O)c2ccccc2C1=O. The summed E-state index contributed by atoms with van der Waals surface area (Å²) in [6, 6.07) is 9.84. The van der Waals surface area contributed by atoms with E-state index in [-0.39, 0.29) is 21.1 Å². The van der Waals surface area contributed by atoms with E-state index in [1.807, 2.05) is 4.72 Å². The van der Waals surface area contributed by atoms with E-state index in [1.165, 1.54) is 12.1 Å². The number of hydroxylamine groups is 2. The van der Waals surface area contributed by atoms with Crippen molar-refractivity contribution in [3.05, 3.63) is 65.5 Å². The Morgan fingerprint density at radius 3 is 2.08 bits per heavy atom. The van der Waals surface area contributed by atoms with Crippen molar-refractivity contribution in [1.29, 1.82) is 0 Å². The molecule has 1 aliphatic heterocycles. The molecule has 0 bridgehead atoms. The number of nitrogens with zero attached hydrogens (tertiary/aromatic N) is 1. The van der Waals surface area contributed by atoms with E-state index in [0.717, 1.165) is 24.3 Å². The van der Waals surface area contributed by atoms with Crippen LogP contribution in [0.15, 0.2) is 53.4 Å².